The Morgan fingerprint density at radius 3 is 2.58 bits per heavy atom. The summed E-state index contributed by atoms with van der Waals surface area (Å²) >= 11 is 0. The molecular weight excluding hydrogens is 242 g/mol. The number of amides is 1. The zero-order valence-electron chi connectivity index (χ0n) is 11.5. The molecule has 1 fully saturated rings. The Balaban J connectivity index is 1.92. The standard InChI is InChI=1S/C14H21N3O2/c1-11-9-16(7-8-17(11)14(18)19)10-12-3-5-13(15-2)6-4-12/h3-6,11,15H,7-10H2,1-2H3,(H,18,19). The molecule has 0 aliphatic carbocycles. The van der Waals surface area contributed by atoms with Crippen LogP contribution >= 0.6 is 0 Å². The van der Waals surface area contributed by atoms with Crippen LogP contribution in [0.15, 0.2) is 24.3 Å². The van der Waals surface area contributed by atoms with Gasteiger partial charge < -0.3 is 15.3 Å². The Bertz CT molecular complexity index is 433. The normalized spacial score (nSPS) is 20.3. The van der Waals surface area contributed by atoms with E-state index in [-0.39, 0.29) is 6.04 Å². The van der Waals surface area contributed by atoms with E-state index in [9.17, 15) is 4.79 Å². The van der Waals surface area contributed by atoms with Crippen molar-refractivity contribution < 1.29 is 9.90 Å². The van der Waals surface area contributed by atoms with Gasteiger partial charge in [0, 0.05) is 45.0 Å². The number of benzene rings is 1. The Hall–Kier alpha value is -1.75. The Kier molecular flexibility index (Phi) is 4.27. The second kappa shape index (κ2) is 5.93. The maximum atomic E-state index is 11.0. The molecule has 1 aliphatic heterocycles. The third-order valence-electron chi connectivity index (χ3n) is 3.61. The van der Waals surface area contributed by atoms with E-state index in [2.05, 4.69) is 34.5 Å². The smallest absolute Gasteiger partial charge is 0.407 e. The monoisotopic (exact) mass is 263 g/mol. The number of carboxylic acid groups (broad SMARTS) is 1. The summed E-state index contributed by atoms with van der Waals surface area (Å²) < 4.78 is 0. The van der Waals surface area contributed by atoms with E-state index in [0.29, 0.717) is 6.54 Å². The van der Waals surface area contributed by atoms with Gasteiger partial charge in [0.25, 0.3) is 0 Å². The van der Waals surface area contributed by atoms with E-state index in [1.54, 1.807) is 0 Å². The first kappa shape index (κ1) is 13.7. The van der Waals surface area contributed by atoms with Gasteiger partial charge in [-0.3, -0.25) is 4.90 Å². The van der Waals surface area contributed by atoms with Crippen LogP contribution in [-0.4, -0.2) is 53.7 Å². The van der Waals surface area contributed by atoms with Gasteiger partial charge in [0.1, 0.15) is 0 Å². The average molecular weight is 263 g/mol. The summed E-state index contributed by atoms with van der Waals surface area (Å²) in [6.45, 7) is 5.02. The van der Waals surface area contributed by atoms with Gasteiger partial charge in [-0.1, -0.05) is 12.1 Å². The second-order valence-corrected chi connectivity index (χ2v) is 5.01. The van der Waals surface area contributed by atoms with E-state index in [1.165, 1.54) is 10.5 Å². The van der Waals surface area contributed by atoms with Crippen LogP contribution in [0.3, 0.4) is 0 Å². The fraction of sp³-hybridized carbons (Fsp3) is 0.500. The summed E-state index contributed by atoms with van der Waals surface area (Å²) in [6, 6.07) is 8.40. The van der Waals surface area contributed by atoms with E-state index in [4.69, 9.17) is 5.11 Å². The Morgan fingerprint density at radius 1 is 1.37 bits per heavy atom. The minimum atomic E-state index is -0.814. The van der Waals surface area contributed by atoms with E-state index < -0.39 is 6.09 Å². The molecule has 1 unspecified atom stereocenters. The predicted molar refractivity (Wildman–Crippen MR) is 75.5 cm³/mol. The molecular formula is C14H21N3O2. The summed E-state index contributed by atoms with van der Waals surface area (Å²) in [7, 11) is 1.90. The zero-order chi connectivity index (χ0) is 13.8. The minimum Gasteiger partial charge on any atom is -0.465 e. The summed E-state index contributed by atoms with van der Waals surface area (Å²) in [5.74, 6) is 0. The average Bonchev–Trinajstić information content (AvgIpc) is 2.39. The topological polar surface area (TPSA) is 55.8 Å². The maximum absolute atomic E-state index is 11.0. The SMILES string of the molecule is CNc1ccc(CN2CCN(C(=O)O)C(C)C2)cc1. The number of hydrogen-bond donors (Lipinski definition) is 2. The van der Waals surface area contributed by atoms with Gasteiger partial charge in [-0.2, -0.15) is 0 Å². The van der Waals surface area contributed by atoms with Crippen LogP contribution in [0, 0.1) is 0 Å². The van der Waals surface area contributed by atoms with Crippen molar-refractivity contribution >= 4 is 11.8 Å². The fourth-order valence-corrected chi connectivity index (χ4v) is 2.50. The van der Waals surface area contributed by atoms with Crippen molar-refractivity contribution in [2.24, 2.45) is 0 Å². The van der Waals surface area contributed by atoms with Crippen LogP contribution in [-0.2, 0) is 6.54 Å². The summed E-state index contributed by atoms with van der Waals surface area (Å²) in [5, 5.41) is 12.1. The molecule has 2 N–H and O–H groups in total. The van der Waals surface area contributed by atoms with Crippen molar-refractivity contribution in [1.29, 1.82) is 0 Å². The molecule has 1 aliphatic rings. The number of anilines is 1. The van der Waals surface area contributed by atoms with Gasteiger partial charge in [0.15, 0.2) is 0 Å². The van der Waals surface area contributed by atoms with Gasteiger partial charge in [-0.25, -0.2) is 4.79 Å². The van der Waals surface area contributed by atoms with Crippen LogP contribution in [0.4, 0.5) is 10.5 Å². The number of rotatable bonds is 3. The molecule has 0 aromatic heterocycles. The van der Waals surface area contributed by atoms with Crippen molar-refractivity contribution in [2.75, 3.05) is 32.0 Å². The van der Waals surface area contributed by atoms with E-state index >= 15 is 0 Å². The first-order chi connectivity index (χ1) is 9.10. The molecule has 1 aromatic rings. The molecule has 5 nitrogen and oxygen atoms in total. The van der Waals surface area contributed by atoms with Crippen molar-refractivity contribution in [3.8, 4) is 0 Å². The predicted octanol–water partition coefficient (Wildman–Crippen LogP) is 1.91. The lowest BCUT2D eigenvalue weighted by molar-refractivity contribution is 0.0711. The highest BCUT2D eigenvalue weighted by Gasteiger charge is 2.26. The first-order valence-corrected chi connectivity index (χ1v) is 6.58. The van der Waals surface area contributed by atoms with E-state index in [1.807, 2.05) is 14.0 Å². The molecule has 0 radical (unpaired) electrons. The largest absolute Gasteiger partial charge is 0.465 e. The van der Waals surface area contributed by atoms with Crippen molar-refractivity contribution in [1.82, 2.24) is 9.80 Å². The molecule has 5 heteroatoms. The molecule has 1 aromatic carbocycles. The number of hydrogen-bond acceptors (Lipinski definition) is 3. The minimum absolute atomic E-state index is 0.0582. The summed E-state index contributed by atoms with van der Waals surface area (Å²) in [5.41, 5.74) is 2.36. The molecule has 19 heavy (non-hydrogen) atoms. The van der Waals surface area contributed by atoms with Gasteiger partial charge in [0.2, 0.25) is 0 Å². The lowest BCUT2D eigenvalue weighted by Crippen LogP contribution is -2.53. The van der Waals surface area contributed by atoms with E-state index in [0.717, 1.165) is 25.3 Å². The zero-order valence-corrected chi connectivity index (χ0v) is 11.5. The molecule has 104 valence electrons. The number of nitrogens with zero attached hydrogens (tertiary/aromatic N) is 2. The quantitative estimate of drug-likeness (QED) is 0.874. The maximum Gasteiger partial charge on any atom is 0.407 e. The number of carbonyl (C=O) groups is 1. The molecule has 1 saturated heterocycles. The third-order valence-corrected chi connectivity index (χ3v) is 3.61. The summed E-state index contributed by atoms with van der Waals surface area (Å²) in [4.78, 5) is 14.8. The van der Waals surface area contributed by atoms with Crippen LogP contribution < -0.4 is 5.32 Å². The number of nitrogens with one attached hydrogen (secondary N) is 1. The number of piperazine rings is 1. The van der Waals surface area contributed by atoms with Crippen LogP contribution in [0.25, 0.3) is 0 Å². The molecule has 2 rings (SSSR count). The third kappa shape index (κ3) is 3.38. The first-order valence-electron chi connectivity index (χ1n) is 6.58. The van der Waals surface area contributed by atoms with Crippen LogP contribution in [0.5, 0.6) is 0 Å². The van der Waals surface area contributed by atoms with Gasteiger partial charge in [-0.15, -0.1) is 0 Å². The molecule has 0 bridgehead atoms. The molecule has 0 spiro atoms. The van der Waals surface area contributed by atoms with Gasteiger partial charge in [0.05, 0.1) is 0 Å². The fourth-order valence-electron chi connectivity index (χ4n) is 2.50. The summed E-state index contributed by atoms with van der Waals surface area (Å²) in [6.07, 6.45) is -0.814. The second-order valence-electron chi connectivity index (χ2n) is 5.01. The Morgan fingerprint density at radius 2 is 2.05 bits per heavy atom. The molecule has 1 atom stereocenters. The van der Waals surface area contributed by atoms with Crippen LogP contribution in [0.2, 0.25) is 0 Å². The van der Waals surface area contributed by atoms with Crippen molar-refractivity contribution in [3.05, 3.63) is 29.8 Å². The lowest BCUT2D eigenvalue weighted by atomic mass is 10.1. The molecule has 1 amide bonds. The molecule has 0 saturated carbocycles. The van der Waals surface area contributed by atoms with Crippen molar-refractivity contribution in [2.45, 2.75) is 19.5 Å². The van der Waals surface area contributed by atoms with Gasteiger partial charge >= 0.3 is 6.09 Å². The molecule has 1 heterocycles. The highest BCUT2D eigenvalue weighted by atomic mass is 16.4. The highest BCUT2D eigenvalue weighted by molar-refractivity contribution is 5.65. The lowest BCUT2D eigenvalue weighted by Gasteiger charge is -2.38. The highest BCUT2D eigenvalue weighted by Crippen LogP contribution is 2.15. The van der Waals surface area contributed by atoms with Gasteiger partial charge in [-0.05, 0) is 24.6 Å². The Labute approximate surface area is 113 Å². The van der Waals surface area contributed by atoms with Crippen LogP contribution in [0.1, 0.15) is 12.5 Å². The van der Waals surface area contributed by atoms with Crippen molar-refractivity contribution in [3.63, 3.8) is 0 Å².